The van der Waals surface area contributed by atoms with Crippen LogP contribution in [0.2, 0.25) is 0 Å². The first kappa shape index (κ1) is 13.6. The molecule has 1 heterocycles. The molecule has 0 unspecified atom stereocenters. The van der Waals surface area contributed by atoms with Crippen LogP contribution in [0, 0.1) is 0 Å². The van der Waals surface area contributed by atoms with Gasteiger partial charge in [0.05, 0.1) is 17.5 Å². The summed E-state index contributed by atoms with van der Waals surface area (Å²) in [5.74, 6) is 1.38. The molecular formula is C15H14N2O3S. The molecule has 0 aliphatic carbocycles. The van der Waals surface area contributed by atoms with Crippen molar-refractivity contribution in [2.45, 2.75) is 4.90 Å². The molecular weight excluding hydrogens is 288 g/mol. The Labute approximate surface area is 122 Å². The van der Waals surface area contributed by atoms with Crippen molar-refractivity contribution in [1.29, 1.82) is 0 Å². The van der Waals surface area contributed by atoms with Gasteiger partial charge in [-0.25, -0.2) is 13.4 Å². The van der Waals surface area contributed by atoms with Gasteiger partial charge in [-0.1, -0.05) is 6.07 Å². The smallest absolute Gasteiger partial charge is 0.177 e. The summed E-state index contributed by atoms with van der Waals surface area (Å²) in [6, 6.07) is 12.5. The number of aromatic amines is 1. The van der Waals surface area contributed by atoms with Gasteiger partial charge in [0.2, 0.25) is 0 Å². The first-order valence-electron chi connectivity index (χ1n) is 6.32. The maximum Gasteiger partial charge on any atom is 0.177 e. The zero-order chi connectivity index (χ0) is 15.0. The zero-order valence-corrected chi connectivity index (χ0v) is 12.4. The van der Waals surface area contributed by atoms with Gasteiger partial charge in [0, 0.05) is 11.8 Å². The maximum atomic E-state index is 11.8. The maximum absolute atomic E-state index is 11.8. The summed E-state index contributed by atoms with van der Waals surface area (Å²) < 4.78 is 28.7. The summed E-state index contributed by atoms with van der Waals surface area (Å²) in [5.41, 5.74) is 2.03. The number of ether oxygens (including phenoxy) is 1. The largest absolute Gasteiger partial charge is 0.497 e. The van der Waals surface area contributed by atoms with E-state index in [0.29, 0.717) is 16.9 Å². The molecule has 0 atom stereocenters. The van der Waals surface area contributed by atoms with Crippen molar-refractivity contribution in [3.8, 4) is 17.1 Å². The van der Waals surface area contributed by atoms with Gasteiger partial charge in [-0.05, 0) is 36.4 Å². The number of hydrogen-bond donors (Lipinski definition) is 1. The Morgan fingerprint density at radius 2 is 1.81 bits per heavy atom. The SMILES string of the molecule is COc1ccc(-c2nc3c(S(C)(=O)=O)cccc3[nH]2)cc1. The molecule has 21 heavy (non-hydrogen) atoms. The van der Waals surface area contributed by atoms with Gasteiger partial charge in [0.25, 0.3) is 0 Å². The molecule has 0 radical (unpaired) electrons. The molecule has 1 N–H and O–H groups in total. The van der Waals surface area contributed by atoms with Gasteiger partial charge >= 0.3 is 0 Å². The van der Waals surface area contributed by atoms with E-state index in [1.54, 1.807) is 19.2 Å². The molecule has 0 amide bonds. The number of methoxy groups -OCH3 is 1. The first-order valence-corrected chi connectivity index (χ1v) is 8.21. The molecule has 0 bridgehead atoms. The van der Waals surface area contributed by atoms with Crippen LogP contribution in [-0.2, 0) is 9.84 Å². The van der Waals surface area contributed by atoms with Crippen molar-refractivity contribution < 1.29 is 13.2 Å². The minimum absolute atomic E-state index is 0.232. The fraction of sp³-hybridized carbons (Fsp3) is 0.133. The average molecular weight is 302 g/mol. The van der Waals surface area contributed by atoms with Crippen molar-refractivity contribution in [3.05, 3.63) is 42.5 Å². The highest BCUT2D eigenvalue weighted by Crippen LogP contribution is 2.26. The number of aromatic nitrogens is 2. The van der Waals surface area contributed by atoms with Crippen molar-refractivity contribution in [3.63, 3.8) is 0 Å². The predicted octanol–water partition coefficient (Wildman–Crippen LogP) is 2.64. The molecule has 0 fully saturated rings. The monoisotopic (exact) mass is 302 g/mol. The summed E-state index contributed by atoms with van der Waals surface area (Å²) in [5, 5.41) is 0. The highest BCUT2D eigenvalue weighted by atomic mass is 32.2. The summed E-state index contributed by atoms with van der Waals surface area (Å²) >= 11 is 0. The Hall–Kier alpha value is -2.34. The van der Waals surface area contributed by atoms with Crippen LogP contribution in [0.3, 0.4) is 0 Å². The summed E-state index contributed by atoms with van der Waals surface area (Å²) in [4.78, 5) is 7.81. The molecule has 0 saturated heterocycles. The van der Waals surface area contributed by atoms with E-state index in [1.165, 1.54) is 6.26 Å². The number of rotatable bonds is 3. The second kappa shape index (κ2) is 4.89. The Balaban J connectivity index is 2.17. The van der Waals surface area contributed by atoms with Crippen molar-refractivity contribution in [1.82, 2.24) is 9.97 Å². The van der Waals surface area contributed by atoms with Crippen LogP contribution in [0.4, 0.5) is 0 Å². The molecule has 5 nitrogen and oxygen atoms in total. The van der Waals surface area contributed by atoms with Gasteiger partial charge in [-0.3, -0.25) is 0 Å². The molecule has 0 aliphatic rings. The van der Waals surface area contributed by atoms with Gasteiger partial charge in [0.15, 0.2) is 9.84 Å². The van der Waals surface area contributed by atoms with E-state index < -0.39 is 9.84 Å². The minimum Gasteiger partial charge on any atom is -0.497 e. The van der Waals surface area contributed by atoms with Crippen LogP contribution in [0.5, 0.6) is 5.75 Å². The summed E-state index contributed by atoms with van der Waals surface area (Å²) in [6.07, 6.45) is 1.18. The topological polar surface area (TPSA) is 72.0 Å². The average Bonchev–Trinajstić information content (AvgIpc) is 2.90. The Kier molecular flexibility index (Phi) is 3.17. The molecule has 3 rings (SSSR count). The highest BCUT2D eigenvalue weighted by molar-refractivity contribution is 7.91. The van der Waals surface area contributed by atoms with E-state index in [0.717, 1.165) is 11.3 Å². The first-order chi connectivity index (χ1) is 9.99. The van der Waals surface area contributed by atoms with Gasteiger partial charge in [0.1, 0.15) is 17.1 Å². The lowest BCUT2D eigenvalue weighted by Gasteiger charge is -2.00. The fourth-order valence-corrected chi connectivity index (χ4v) is 3.02. The lowest BCUT2D eigenvalue weighted by Crippen LogP contribution is -1.97. The zero-order valence-electron chi connectivity index (χ0n) is 11.6. The quantitative estimate of drug-likeness (QED) is 0.807. The number of imidazole rings is 1. The third-order valence-corrected chi connectivity index (χ3v) is 4.37. The lowest BCUT2D eigenvalue weighted by atomic mass is 10.2. The Morgan fingerprint density at radius 3 is 2.43 bits per heavy atom. The van der Waals surface area contributed by atoms with Crippen molar-refractivity contribution in [2.24, 2.45) is 0 Å². The van der Waals surface area contributed by atoms with Crippen molar-refractivity contribution in [2.75, 3.05) is 13.4 Å². The van der Waals surface area contributed by atoms with E-state index in [1.807, 2.05) is 30.3 Å². The number of sulfone groups is 1. The molecule has 0 aliphatic heterocycles. The molecule has 6 heteroatoms. The third-order valence-electron chi connectivity index (χ3n) is 3.24. The van der Waals surface area contributed by atoms with E-state index >= 15 is 0 Å². The molecule has 0 spiro atoms. The Bertz CT molecular complexity index is 896. The second-order valence-electron chi connectivity index (χ2n) is 4.74. The van der Waals surface area contributed by atoms with Crippen LogP contribution in [0.25, 0.3) is 22.4 Å². The normalized spacial score (nSPS) is 11.7. The molecule has 2 aromatic carbocycles. The second-order valence-corrected chi connectivity index (χ2v) is 6.72. The van der Waals surface area contributed by atoms with Crippen LogP contribution in [-0.4, -0.2) is 31.8 Å². The molecule has 0 saturated carbocycles. The number of H-pyrrole nitrogens is 1. The number of nitrogens with zero attached hydrogens (tertiary/aromatic N) is 1. The molecule has 108 valence electrons. The van der Waals surface area contributed by atoms with E-state index in [-0.39, 0.29) is 4.90 Å². The number of fused-ring (bicyclic) bond motifs is 1. The van der Waals surface area contributed by atoms with Crippen LogP contribution >= 0.6 is 0 Å². The number of para-hydroxylation sites is 1. The van der Waals surface area contributed by atoms with E-state index in [2.05, 4.69) is 9.97 Å². The number of benzene rings is 2. The predicted molar refractivity (Wildman–Crippen MR) is 81.2 cm³/mol. The summed E-state index contributed by atoms with van der Waals surface area (Å²) in [6.45, 7) is 0. The van der Waals surface area contributed by atoms with Crippen LogP contribution in [0.1, 0.15) is 0 Å². The van der Waals surface area contributed by atoms with Crippen LogP contribution < -0.4 is 4.74 Å². The van der Waals surface area contributed by atoms with Gasteiger partial charge < -0.3 is 9.72 Å². The van der Waals surface area contributed by atoms with E-state index in [9.17, 15) is 8.42 Å². The Morgan fingerprint density at radius 1 is 1.10 bits per heavy atom. The standard InChI is InChI=1S/C15H14N2O3S/c1-20-11-8-6-10(7-9-11)15-16-12-4-3-5-13(14(12)17-15)21(2,18)19/h3-9H,1-2H3,(H,16,17). The van der Waals surface area contributed by atoms with Gasteiger partial charge in [-0.2, -0.15) is 0 Å². The highest BCUT2D eigenvalue weighted by Gasteiger charge is 2.15. The van der Waals surface area contributed by atoms with E-state index in [4.69, 9.17) is 4.74 Å². The van der Waals surface area contributed by atoms with Crippen LogP contribution in [0.15, 0.2) is 47.4 Å². The lowest BCUT2D eigenvalue weighted by molar-refractivity contribution is 0.415. The van der Waals surface area contributed by atoms with Gasteiger partial charge in [-0.15, -0.1) is 0 Å². The number of hydrogen-bond acceptors (Lipinski definition) is 4. The van der Waals surface area contributed by atoms with Crippen molar-refractivity contribution >= 4 is 20.9 Å². The minimum atomic E-state index is -3.31. The molecule has 1 aromatic heterocycles. The third kappa shape index (κ3) is 2.50. The number of nitrogens with one attached hydrogen (secondary N) is 1. The summed E-state index contributed by atoms with van der Waals surface area (Å²) in [7, 11) is -1.71. The fourth-order valence-electron chi connectivity index (χ4n) is 2.19. The molecule has 3 aromatic rings.